The zero-order valence-corrected chi connectivity index (χ0v) is 13.4. The topological polar surface area (TPSA) is 18.5 Å². The predicted octanol–water partition coefficient (Wildman–Crippen LogP) is 4.22. The average Bonchev–Trinajstić information content (AvgIpc) is 2.93. The van der Waals surface area contributed by atoms with Gasteiger partial charge in [0, 0.05) is 28.3 Å². The molecule has 1 aromatic rings. The quantitative estimate of drug-likeness (QED) is 0.758. The van der Waals surface area contributed by atoms with Crippen LogP contribution in [0.5, 0.6) is 5.75 Å². The summed E-state index contributed by atoms with van der Waals surface area (Å²) in [5, 5.41) is 0. The van der Waals surface area contributed by atoms with Gasteiger partial charge in [0.1, 0.15) is 5.75 Å². The lowest BCUT2D eigenvalue weighted by atomic mass is 9.84. The minimum atomic E-state index is 0.121. The minimum absolute atomic E-state index is 0.121. The van der Waals surface area contributed by atoms with Crippen molar-refractivity contribution < 1.29 is 9.47 Å². The van der Waals surface area contributed by atoms with Gasteiger partial charge >= 0.3 is 0 Å². The molecule has 2 heterocycles. The van der Waals surface area contributed by atoms with Crippen LogP contribution in [0.1, 0.15) is 43.1 Å². The van der Waals surface area contributed by atoms with E-state index in [2.05, 4.69) is 54.9 Å². The molecule has 0 saturated carbocycles. The second-order valence-corrected chi connectivity index (χ2v) is 7.34. The van der Waals surface area contributed by atoms with E-state index in [0.717, 1.165) is 25.4 Å². The molecule has 3 heteroatoms. The van der Waals surface area contributed by atoms with Gasteiger partial charge in [-0.1, -0.05) is 41.9 Å². The number of halogens is 1. The van der Waals surface area contributed by atoms with Crippen molar-refractivity contribution in [2.24, 2.45) is 5.92 Å². The summed E-state index contributed by atoms with van der Waals surface area (Å²) in [7, 11) is 0. The van der Waals surface area contributed by atoms with Gasteiger partial charge in [-0.25, -0.2) is 0 Å². The first-order valence-electron chi connectivity index (χ1n) is 7.02. The summed E-state index contributed by atoms with van der Waals surface area (Å²) in [6, 6.07) is 6.62. The van der Waals surface area contributed by atoms with Gasteiger partial charge in [-0.3, -0.25) is 0 Å². The van der Waals surface area contributed by atoms with E-state index in [0.29, 0.717) is 16.8 Å². The number of alkyl halides is 1. The summed E-state index contributed by atoms with van der Waals surface area (Å²) in [6.45, 7) is 8.32. The third kappa shape index (κ3) is 2.31. The molecule has 0 aliphatic carbocycles. The summed E-state index contributed by atoms with van der Waals surface area (Å²) < 4.78 is 11.4. The van der Waals surface area contributed by atoms with Gasteiger partial charge in [-0.15, -0.1) is 0 Å². The molecule has 1 aromatic carbocycles. The smallest absolute Gasteiger partial charge is 0.123 e. The van der Waals surface area contributed by atoms with Crippen molar-refractivity contribution in [2.75, 3.05) is 13.2 Å². The maximum atomic E-state index is 5.76. The van der Waals surface area contributed by atoms with E-state index >= 15 is 0 Å². The fourth-order valence-electron chi connectivity index (χ4n) is 3.09. The van der Waals surface area contributed by atoms with E-state index in [4.69, 9.17) is 9.47 Å². The molecule has 0 bridgehead atoms. The molecule has 1 saturated heterocycles. The standard InChI is InChI=1S/C16H21BrO2/c1-10-12(6-7-18-10)15(17)11-4-5-14-13(8-11)16(2,3)9-19-14/h4-5,8,10,12,15H,6-7,9H2,1-3H3. The third-order valence-corrected chi connectivity index (χ3v) is 5.66. The lowest BCUT2D eigenvalue weighted by molar-refractivity contribution is 0.105. The van der Waals surface area contributed by atoms with Gasteiger partial charge in [-0.2, -0.15) is 0 Å². The van der Waals surface area contributed by atoms with Crippen molar-refractivity contribution >= 4 is 15.9 Å². The molecule has 3 rings (SSSR count). The van der Waals surface area contributed by atoms with Crippen LogP contribution in [-0.2, 0) is 10.2 Å². The third-order valence-electron chi connectivity index (χ3n) is 4.45. The fraction of sp³-hybridized carbons (Fsp3) is 0.625. The van der Waals surface area contributed by atoms with Crippen LogP contribution in [0.3, 0.4) is 0 Å². The number of ether oxygens (including phenoxy) is 2. The SMILES string of the molecule is CC1OCCC1C(Br)c1ccc2c(c1)C(C)(C)CO2. The Balaban J connectivity index is 1.90. The maximum Gasteiger partial charge on any atom is 0.123 e. The Kier molecular flexibility index (Phi) is 3.38. The first-order chi connectivity index (χ1) is 8.99. The van der Waals surface area contributed by atoms with Crippen LogP contribution < -0.4 is 4.74 Å². The van der Waals surface area contributed by atoms with Crippen LogP contribution in [0.25, 0.3) is 0 Å². The zero-order chi connectivity index (χ0) is 13.6. The van der Waals surface area contributed by atoms with Crippen LogP contribution in [0.2, 0.25) is 0 Å². The van der Waals surface area contributed by atoms with E-state index in [1.807, 2.05) is 0 Å². The lowest BCUT2D eigenvalue weighted by Gasteiger charge is -2.22. The molecule has 19 heavy (non-hydrogen) atoms. The number of hydrogen-bond donors (Lipinski definition) is 0. The second kappa shape index (κ2) is 4.78. The number of rotatable bonds is 2. The van der Waals surface area contributed by atoms with E-state index in [1.54, 1.807) is 0 Å². The minimum Gasteiger partial charge on any atom is -0.492 e. The summed E-state index contributed by atoms with van der Waals surface area (Å²) in [5.41, 5.74) is 2.80. The normalized spacial score (nSPS) is 29.9. The average molecular weight is 325 g/mol. The molecular weight excluding hydrogens is 304 g/mol. The van der Waals surface area contributed by atoms with Crippen molar-refractivity contribution in [2.45, 2.75) is 43.5 Å². The van der Waals surface area contributed by atoms with Gasteiger partial charge in [0.05, 0.1) is 12.7 Å². The summed E-state index contributed by atoms with van der Waals surface area (Å²) in [5.74, 6) is 1.60. The zero-order valence-electron chi connectivity index (χ0n) is 11.8. The Bertz CT molecular complexity index is 484. The van der Waals surface area contributed by atoms with Crippen molar-refractivity contribution in [1.82, 2.24) is 0 Å². The molecule has 0 radical (unpaired) electrons. The molecule has 0 amide bonds. The summed E-state index contributed by atoms with van der Waals surface area (Å²) >= 11 is 3.88. The van der Waals surface area contributed by atoms with Gasteiger partial charge in [0.2, 0.25) is 0 Å². The summed E-state index contributed by atoms with van der Waals surface area (Å²) in [6.07, 6.45) is 1.47. The molecule has 0 N–H and O–H groups in total. The molecule has 2 nitrogen and oxygen atoms in total. The van der Waals surface area contributed by atoms with Crippen LogP contribution in [0.4, 0.5) is 0 Å². The fourth-order valence-corrected chi connectivity index (χ4v) is 4.07. The molecule has 3 unspecified atom stereocenters. The molecule has 0 aromatic heterocycles. The van der Waals surface area contributed by atoms with Gasteiger partial charge < -0.3 is 9.47 Å². The number of benzene rings is 1. The van der Waals surface area contributed by atoms with Crippen LogP contribution in [-0.4, -0.2) is 19.3 Å². The van der Waals surface area contributed by atoms with Crippen LogP contribution in [0, 0.1) is 5.92 Å². The molecule has 2 aliphatic rings. The van der Waals surface area contributed by atoms with Crippen molar-refractivity contribution in [1.29, 1.82) is 0 Å². The first kappa shape index (κ1) is 13.4. The van der Waals surface area contributed by atoms with Gasteiger partial charge in [0.15, 0.2) is 0 Å². The van der Waals surface area contributed by atoms with Crippen molar-refractivity contribution in [3.05, 3.63) is 29.3 Å². The lowest BCUT2D eigenvalue weighted by Crippen LogP contribution is -2.19. The van der Waals surface area contributed by atoms with Gasteiger partial charge in [0.25, 0.3) is 0 Å². The number of hydrogen-bond acceptors (Lipinski definition) is 2. The molecule has 2 aliphatic heterocycles. The van der Waals surface area contributed by atoms with E-state index in [9.17, 15) is 0 Å². The Morgan fingerprint density at radius 2 is 2.16 bits per heavy atom. The largest absolute Gasteiger partial charge is 0.492 e. The van der Waals surface area contributed by atoms with Gasteiger partial charge in [-0.05, 0) is 25.0 Å². The van der Waals surface area contributed by atoms with E-state index in [-0.39, 0.29) is 5.41 Å². The Labute approximate surface area is 123 Å². The predicted molar refractivity (Wildman–Crippen MR) is 80.2 cm³/mol. The van der Waals surface area contributed by atoms with Crippen molar-refractivity contribution in [3.63, 3.8) is 0 Å². The maximum absolute atomic E-state index is 5.76. The molecule has 0 spiro atoms. The summed E-state index contributed by atoms with van der Waals surface area (Å²) in [4.78, 5) is 0.367. The van der Waals surface area contributed by atoms with E-state index < -0.39 is 0 Å². The Hall–Kier alpha value is -0.540. The highest BCUT2D eigenvalue weighted by Crippen LogP contribution is 2.44. The highest BCUT2D eigenvalue weighted by atomic mass is 79.9. The highest BCUT2D eigenvalue weighted by Gasteiger charge is 2.35. The van der Waals surface area contributed by atoms with Crippen LogP contribution >= 0.6 is 15.9 Å². The van der Waals surface area contributed by atoms with E-state index in [1.165, 1.54) is 11.1 Å². The molecule has 104 valence electrons. The Morgan fingerprint density at radius 3 is 2.84 bits per heavy atom. The number of fused-ring (bicyclic) bond motifs is 1. The van der Waals surface area contributed by atoms with Crippen LogP contribution in [0.15, 0.2) is 18.2 Å². The first-order valence-corrected chi connectivity index (χ1v) is 7.93. The monoisotopic (exact) mass is 324 g/mol. The molecular formula is C16H21BrO2. The molecule has 1 fully saturated rings. The van der Waals surface area contributed by atoms with Crippen molar-refractivity contribution in [3.8, 4) is 5.75 Å². The second-order valence-electron chi connectivity index (χ2n) is 6.36. The Morgan fingerprint density at radius 1 is 1.37 bits per heavy atom. The highest BCUT2D eigenvalue weighted by molar-refractivity contribution is 9.09. The molecule has 3 atom stereocenters.